The van der Waals surface area contributed by atoms with Gasteiger partial charge in [-0.15, -0.1) is 0 Å². The van der Waals surface area contributed by atoms with E-state index in [1.165, 1.54) is 31.4 Å². The van der Waals surface area contributed by atoms with Crippen LogP contribution in [0, 0.1) is 6.92 Å². The lowest BCUT2D eigenvalue weighted by atomic mass is 10.1. The van der Waals surface area contributed by atoms with Crippen molar-refractivity contribution in [2.75, 3.05) is 19.0 Å². The van der Waals surface area contributed by atoms with Crippen LogP contribution in [0.5, 0.6) is 11.5 Å². The lowest BCUT2D eigenvalue weighted by molar-refractivity contribution is -0.0502. The third-order valence-corrected chi connectivity index (χ3v) is 3.73. The topological polar surface area (TPSA) is 76.7 Å². The van der Waals surface area contributed by atoms with Gasteiger partial charge in [-0.1, -0.05) is 6.07 Å². The molecular weight excluding hydrogens is 358 g/mol. The van der Waals surface area contributed by atoms with Crippen LogP contribution >= 0.6 is 0 Å². The minimum atomic E-state index is -3.09. The molecule has 0 saturated carbocycles. The minimum absolute atomic E-state index is 0.0843. The quantitative estimate of drug-likeness (QED) is 0.772. The highest BCUT2D eigenvalue weighted by molar-refractivity contribution is 6.07. The molecule has 8 heteroatoms. The monoisotopic (exact) mass is 378 g/mol. The summed E-state index contributed by atoms with van der Waals surface area (Å²) in [5.41, 5.74) is 1.39. The Morgan fingerprint density at radius 3 is 2.48 bits per heavy atom. The van der Waals surface area contributed by atoms with E-state index in [9.17, 15) is 18.4 Å². The van der Waals surface area contributed by atoms with Gasteiger partial charge in [0.1, 0.15) is 11.5 Å². The number of carbonyl (C=O) groups is 2. The molecule has 0 aliphatic rings. The molecule has 0 atom stereocenters. The van der Waals surface area contributed by atoms with Crippen molar-refractivity contribution in [1.29, 1.82) is 0 Å². The third kappa shape index (κ3) is 5.16. The van der Waals surface area contributed by atoms with Crippen LogP contribution in [0.15, 0.2) is 36.4 Å². The molecule has 144 valence electrons. The maximum atomic E-state index is 12.7. The number of rotatable bonds is 7. The lowest BCUT2D eigenvalue weighted by Gasteiger charge is -2.14. The Bertz CT molecular complexity index is 840. The van der Waals surface area contributed by atoms with Gasteiger partial charge in [0.2, 0.25) is 0 Å². The van der Waals surface area contributed by atoms with E-state index in [0.29, 0.717) is 23.4 Å². The van der Waals surface area contributed by atoms with E-state index in [4.69, 9.17) is 4.74 Å². The second-order valence-corrected chi connectivity index (χ2v) is 5.58. The minimum Gasteiger partial charge on any atom is -0.497 e. The zero-order valence-electron chi connectivity index (χ0n) is 15.1. The Morgan fingerprint density at radius 1 is 1.11 bits per heavy atom. The van der Waals surface area contributed by atoms with Gasteiger partial charge in [-0.2, -0.15) is 8.78 Å². The van der Waals surface area contributed by atoms with E-state index in [2.05, 4.69) is 15.4 Å². The van der Waals surface area contributed by atoms with Gasteiger partial charge < -0.3 is 20.1 Å². The van der Waals surface area contributed by atoms with Gasteiger partial charge in [-0.3, -0.25) is 9.59 Å². The molecule has 2 rings (SSSR count). The van der Waals surface area contributed by atoms with Crippen LogP contribution in [0.2, 0.25) is 0 Å². The Labute approximate surface area is 155 Å². The van der Waals surface area contributed by atoms with Gasteiger partial charge in [0.05, 0.1) is 12.7 Å². The van der Waals surface area contributed by atoms with Crippen LogP contribution in [0.1, 0.15) is 33.2 Å². The largest absolute Gasteiger partial charge is 0.497 e. The summed E-state index contributed by atoms with van der Waals surface area (Å²) in [7, 11) is 1.37. The van der Waals surface area contributed by atoms with E-state index < -0.39 is 12.5 Å². The molecule has 27 heavy (non-hydrogen) atoms. The molecule has 0 bridgehead atoms. The van der Waals surface area contributed by atoms with Gasteiger partial charge in [-0.25, -0.2) is 0 Å². The highest BCUT2D eigenvalue weighted by atomic mass is 19.3. The maximum absolute atomic E-state index is 12.7. The number of methoxy groups -OCH3 is 1. The zero-order chi connectivity index (χ0) is 20.0. The molecule has 2 amide bonds. The molecule has 2 N–H and O–H groups in total. The first-order valence-corrected chi connectivity index (χ1v) is 8.18. The zero-order valence-corrected chi connectivity index (χ0v) is 15.1. The average Bonchev–Trinajstić information content (AvgIpc) is 2.63. The Balaban J connectivity index is 2.31. The first kappa shape index (κ1) is 20.2. The van der Waals surface area contributed by atoms with Gasteiger partial charge in [0.25, 0.3) is 11.8 Å². The summed E-state index contributed by atoms with van der Waals surface area (Å²) in [4.78, 5) is 24.6. The van der Waals surface area contributed by atoms with Gasteiger partial charge in [0, 0.05) is 23.9 Å². The van der Waals surface area contributed by atoms with Crippen LogP contribution in [0.25, 0.3) is 0 Å². The highest BCUT2D eigenvalue weighted by Crippen LogP contribution is 2.28. The number of ether oxygens (including phenoxy) is 2. The number of carbonyl (C=O) groups excluding carboxylic acids is 2. The summed E-state index contributed by atoms with van der Waals surface area (Å²) >= 11 is 0. The van der Waals surface area contributed by atoms with Crippen molar-refractivity contribution in [1.82, 2.24) is 5.32 Å². The number of anilines is 1. The smallest absolute Gasteiger partial charge is 0.387 e. The van der Waals surface area contributed by atoms with Crippen LogP contribution in [0.4, 0.5) is 14.5 Å². The van der Waals surface area contributed by atoms with Crippen molar-refractivity contribution in [2.45, 2.75) is 20.5 Å². The molecule has 0 aromatic heterocycles. The van der Waals surface area contributed by atoms with Crippen molar-refractivity contribution in [2.24, 2.45) is 0 Å². The second-order valence-electron chi connectivity index (χ2n) is 5.58. The average molecular weight is 378 g/mol. The summed E-state index contributed by atoms with van der Waals surface area (Å²) in [6, 6.07) is 8.84. The number of nitrogens with one attached hydrogen (secondary N) is 2. The second kappa shape index (κ2) is 8.98. The van der Waals surface area contributed by atoms with E-state index in [0.717, 1.165) is 0 Å². The molecule has 0 saturated heterocycles. The molecule has 0 unspecified atom stereocenters. The molecule has 2 aromatic carbocycles. The first-order valence-electron chi connectivity index (χ1n) is 8.18. The summed E-state index contributed by atoms with van der Waals surface area (Å²) in [5.74, 6) is -0.959. The van der Waals surface area contributed by atoms with Crippen LogP contribution < -0.4 is 20.1 Å². The normalized spacial score (nSPS) is 10.4. The number of hydrogen-bond acceptors (Lipinski definition) is 4. The molecule has 0 aliphatic carbocycles. The van der Waals surface area contributed by atoms with Crippen LogP contribution in [0.3, 0.4) is 0 Å². The van der Waals surface area contributed by atoms with Gasteiger partial charge >= 0.3 is 6.61 Å². The fourth-order valence-corrected chi connectivity index (χ4v) is 2.36. The molecule has 0 radical (unpaired) electrons. The Hall–Kier alpha value is -3.16. The fraction of sp³-hybridized carbons (Fsp3) is 0.263. The number of halogens is 2. The Kier molecular flexibility index (Phi) is 6.70. The standard InChI is InChI=1S/C19H20F2N2O4/c1-4-22-17(24)12-6-5-11(2)15(9-12)23-18(25)14-8-7-13(26-3)10-16(14)27-19(20)21/h5-10,19H,4H2,1-3H3,(H,22,24)(H,23,25). The SMILES string of the molecule is CCNC(=O)c1ccc(C)c(NC(=O)c2ccc(OC)cc2OC(F)F)c1. The predicted octanol–water partition coefficient (Wildman–Crippen LogP) is 3.61. The van der Waals surface area contributed by atoms with Crippen LogP contribution in [-0.4, -0.2) is 32.1 Å². The molecule has 0 heterocycles. The van der Waals surface area contributed by atoms with Gasteiger partial charge in [-0.05, 0) is 43.7 Å². The summed E-state index contributed by atoms with van der Waals surface area (Å²) in [5, 5.41) is 5.30. The number of hydrogen-bond donors (Lipinski definition) is 2. The summed E-state index contributed by atoms with van der Waals surface area (Å²) < 4.78 is 34.7. The molecule has 0 aliphatic heterocycles. The first-order chi connectivity index (χ1) is 12.8. The van der Waals surface area contributed by atoms with Crippen LogP contribution in [-0.2, 0) is 0 Å². The number of aryl methyl sites for hydroxylation is 1. The lowest BCUT2D eigenvalue weighted by Crippen LogP contribution is -2.23. The van der Waals surface area contributed by atoms with Gasteiger partial charge in [0.15, 0.2) is 0 Å². The summed E-state index contributed by atoms with van der Waals surface area (Å²) in [6.45, 7) is 0.922. The fourth-order valence-electron chi connectivity index (χ4n) is 2.36. The third-order valence-electron chi connectivity index (χ3n) is 3.73. The number of benzene rings is 2. The molecule has 6 nitrogen and oxygen atoms in total. The van der Waals surface area contributed by atoms with Crippen molar-refractivity contribution in [3.05, 3.63) is 53.1 Å². The summed E-state index contributed by atoms with van der Waals surface area (Å²) in [6.07, 6.45) is 0. The highest BCUT2D eigenvalue weighted by Gasteiger charge is 2.18. The maximum Gasteiger partial charge on any atom is 0.387 e. The molecule has 0 fully saturated rings. The number of alkyl halides is 2. The van der Waals surface area contributed by atoms with Crippen molar-refractivity contribution >= 4 is 17.5 Å². The van der Waals surface area contributed by atoms with Crippen molar-refractivity contribution in [3.8, 4) is 11.5 Å². The van der Waals surface area contributed by atoms with E-state index in [1.54, 1.807) is 26.0 Å². The number of amides is 2. The molecule has 2 aromatic rings. The van der Waals surface area contributed by atoms with E-state index >= 15 is 0 Å². The van der Waals surface area contributed by atoms with E-state index in [-0.39, 0.29) is 23.0 Å². The van der Waals surface area contributed by atoms with Crippen molar-refractivity contribution < 1.29 is 27.8 Å². The van der Waals surface area contributed by atoms with E-state index in [1.807, 2.05) is 0 Å². The Morgan fingerprint density at radius 2 is 1.85 bits per heavy atom. The molecular formula is C19H20F2N2O4. The predicted molar refractivity (Wildman–Crippen MR) is 96.8 cm³/mol. The molecule has 0 spiro atoms. The van der Waals surface area contributed by atoms with Crippen molar-refractivity contribution in [3.63, 3.8) is 0 Å².